The van der Waals surface area contributed by atoms with Gasteiger partial charge in [-0.3, -0.25) is 9.59 Å². The first kappa shape index (κ1) is 17.8. The van der Waals surface area contributed by atoms with Crippen LogP contribution in [0.15, 0.2) is 42.5 Å². The smallest absolute Gasteiger partial charge is 0.417 e. The van der Waals surface area contributed by atoms with E-state index in [1.54, 1.807) is 0 Å². The van der Waals surface area contributed by atoms with Gasteiger partial charge in [-0.25, -0.2) is 0 Å². The minimum absolute atomic E-state index is 0.0448. The third-order valence-corrected chi connectivity index (χ3v) is 3.27. The number of anilines is 1. The van der Waals surface area contributed by atoms with Gasteiger partial charge in [0.05, 0.1) is 10.6 Å². The largest absolute Gasteiger partial charge is 0.484 e. The quantitative estimate of drug-likeness (QED) is 0.816. The van der Waals surface area contributed by atoms with E-state index in [1.165, 1.54) is 30.3 Å². The van der Waals surface area contributed by atoms with E-state index in [0.717, 1.165) is 12.1 Å². The number of hydrogen-bond donors (Lipinski definition) is 1. The lowest BCUT2D eigenvalue weighted by atomic mass is 10.2. The number of rotatable bonds is 5. The number of carbonyl (C=O) groups is 2. The Bertz CT molecular complexity index is 745. The third kappa shape index (κ3) is 4.73. The van der Waals surface area contributed by atoms with E-state index in [9.17, 15) is 22.8 Å². The molecule has 0 bridgehead atoms. The first-order valence-corrected chi connectivity index (χ1v) is 7.02. The van der Waals surface area contributed by atoms with Crippen LogP contribution < -0.4 is 10.1 Å². The minimum atomic E-state index is -4.62. The van der Waals surface area contributed by atoms with E-state index in [2.05, 4.69) is 5.32 Å². The predicted molar refractivity (Wildman–Crippen MR) is 82.4 cm³/mol. The molecule has 0 fully saturated rings. The maximum absolute atomic E-state index is 12.8. The lowest BCUT2D eigenvalue weighted by molar-refractivity contribution is -0.137. The maximum atomic E-state index is 12.8. The van der Waals surface area contributed by atoms with Gasteiger partial charge in [-0.2, -0.15) is 13.2 Å². The molecule has 4 nitrogen and oxygen atoms in total. The highest BCUT2D eigenvalue weighted by molar-refractivity contribution is 6.31. The highest BCUT2D eigenvalue weighted by Gasteiger charge is 2.33. The van der Waals surface area contributed by atoms with Crippen molar-refractivity contribution in [3.8, 4) is 5.75 Å². The van der Waals surface area contributed by atoms with Crippen LogP contribution in [0.1, 0.15) is 15.9 Å². The number of nitrogens with one attached hydrogen (secondary N) is 1. The molecule has 126 valence electrons. The number of ether oxygens (including phenoxy) is 1. The second kappa shape index (κ2) is 7.35. The van der Waals surface area contributed by atoms with Crippen LogP contribution in [0.4, 0.5) is 18.9 Å². The molecule has 0 saturated carbocycles. The van der Waals surface area contributed by atoms with Gasteiger partial charge in [-0.1, -0.05) is 11.6 Å². The first-order valence-electron chi connectivity index (χ1n) is 6.64. The number of alkyl halides is 3. The Balaban J connectivity index is 1.98. The molecule has 2 rings (SSSR count). The summed E-state index contributed by atoms with van der Waals surface area (Å²) in [6.45, 7) is -0.398. The Morgan fingerprint density at radius 1 is 1.17 bits per heavy atom. The second-order valence-electron chi connectivity index (χ2n) is 4.72. The predicted octanol–water partition coefficient (Wildman–Crippen LogP) is 4.19. The Labute approximate surface area is 140 Å². The Morgan fingerprint density at radius 3 is 2.42 bits per heavy atom. The van der Waals surface area contributed by atoms with Crippen molar-refractivity contribution in [1.82, 2.24) is 0 Å². The molecule has 0 aliphatic heterocycles. The van der Waals surface area contributed by atoms with Gasteiger partial charge in [-0.15, -0.1) is 0 Å². The molecule has 1 N–H and O–H groups in total. The van der Waals surface area contributed by atoms with E-state index in [-0.39, 0.29) is 5.69 Å². The minimum Gasteiger partial charge on any atom is -0.484 e. The summed E-state index contributed by atoms with van der Waals surface area (Å²) in [6.07, 6.45) is -3.95. The summed E-state index contributed by atoms with van der Waals surface area (Å²) in [6, 6.07) is 9.08. The van der Waals surface area contributed by atoms with Crippen molar-refractivity contribution < 1.29 is 27.5 Å². The average molecular weight is 358 g/mol. The van der Waals surface area contributed by atoms with Crippen LogP contribution >= 0.6 is 11.6 Å². The number of halogens is 4. The number of amides is 1. The topological polar surface area (TPSA) is 55.4 Å². The number of hydrogen-bond acceptors (Lipinski definition) is 3. The molecule has 0 radical (unpaired) electrons. The SMILES string of the molecule is O=Cc1ccc(OCC(=O)Nc2ccc(Cl)c(C(F)(F)F)c2)cc1. The fourth-order valence-corrected chi connectivity index (χ4v) is 2.03. The second-order valence-corrected chi connectivity index (χ2v) is 5.12. The van der Waals surface area contributed by atoms with Crippen LogP contribution in [0.5, 0.6) is 5.75 Å². The van der Waals surface area contributed by atoms with Crippen molar-refractivity contribution in [2.24, 2.45) is 0 Å². The fourth-order valence-electron chi connectivity index (χ4n) is 1.81. The van der Waals surface area contributed by atoms with Crippen molar-refractivity contribution in [3.05, 3.63) is 58.6 Å². The normalized spacial score (nSPS) is 11.0. The van der Waals surface area contributed by atoms with Gasteiger partial charge in [0.1, 0.15) is 12.0 Å². The van der Waals surface area contributed by atoms with Crippen LogP contribution in [0.3, 0.4) is 0 Å². The maximum Gasteiger partial charge on any atom is 0.417 e. The van der Waals surface area contributed by atoms with Gasteiger partial charge in [-0.05, 0) is 42.5 Å². The molecular weight excluding hydrogens is 347 g/mol. The Hall–Kier alpha value is -2.54. The summed E-state index contributed by atoms with van der Waals surface area (Å²) in [5.41, 5.74) is -0.628. The van der Waals surface area contributed by atoms with Crippen LogP contribution in [-0.2, 0) is 11.0 Å². The van der Waals surface area contributed by atoms with Crippen LogP contribution in [0.25, 0.3) is 0 Å². The zero-order chi connectivity index (χ0) is 17.7. The number of benzene rings is 2. The molecular formula is C16H11ClF3NO3. The molecule has 0 saturated heterocycles. The molecule has 0 spiro atoms. The van der Waals surface area contributed by atoms with E-state index in [1.807, 2.05) is 0 Å². The van der Waals surface area contributed by atoms with Gasteiger partial charge >= 0.3 is 6.18 Å². The summed E-state index contributed by atoms with van der Waals surface area (Å²) in [5, 5.41) is 1.84. The fraction of sp³-hybridized carbons (Fsp3) is 0.125. The monoisotopic (exact) mass is 357 g/mol. The van der Waals surface area contributed by atoms with Gasteiger partial charge < -0.3 is 10.1 Å². The first-order chi connectivity index (χ1) is 11.3. The van der Waals surface area contributed by atoms with E-state index in [0.29, 0.717) is 17.6 Å². The van der Waals surface area contributed by atoms with Crippen molar-refractivity contribution in [2.45, 2.75) is 6.18 Å². The van der Waals surface area contributed by atoms with Crippen LogP contribution in [0, 0.1) is 0 Å². The summed E-state index contributed by atoms with van der Waals surface area (Å²) in [7, 11) is 0. The molecule has 0 aliphatic rings. The Kier molecular flexibility index (Phi) is 5.46. The van der Waals surface area contributed by atoms with Crippen LogP contribution in [0.2, 0.25) is 5.02 Å². The van der Waals surface area contributed by atoms with Crippen molar-refractivity contribution in [3.63, 3.8) is 0 Å². The van der Waals surface area contributed by atoms with Crippen molar-refractivity contribution in [1.29, 1.82) is 0 Å². The standard InChI is InChI=1S/C16H11ClF3NO3/c17-14-6-3-11(7-13(14)16(18,19)20)21-15(23)9-24-12-4-1-10(8-22)2-5-12/h1-8H,9H2,(H,21,23). The molecule has 0 atom stereocenters. The van der Waals surface area contributed by atoms with E-state index in [4.69, 9.17) is 16.3 Å². The molecule has 0 heterocycles. The molecule has 0 unspecified atom stereocenters. The molecule has 2 aromatic rings. The van der Waals surface area contributed by atoms with E-state index >= 15 is 0 Å². The summed E-state index contributed by atoms with van der Waals surface area (Å²) < 4.78 is 43.4. The molecule has 24 heavy (non-hydrogen) atoms. The lowest BCUT2D eigenvalue weighted by Gasteiger charge is -2.12. The summed E-state index contributed by atoms with van der Waals surface area (Å²) >= 11 is 5.50. The summed E-state index contributed by atoms with van der Waals surface area (Å²) in [5.74, 6) is -0.284. The van der Waals surface area contributed by atoms with Gasteiger partial charge in [0, 0.05) is 11.3 Å². The third-order valence-electron chi connectivity index (χ3n) is 2.94. The lowest BCUT2D eigenvalue weighted by Crippen LogP contribution is -2.20. The van der Waals surface area contributed by atoms with Crippen LogP contribution in [-0.4, -0.2) is 18.8 Å². The highest BCUT2D eigenvalue weighted by Crippen LogP contribution is 2.36. The van der Waals surface area contributed by atoms with Gasteiger partial charge in [0.25, 0.3) is 5.91 Å². The van der Waals surface area contributed by atoms with Crippen molar-refractivity contribution >= 4 is 29.5 Å². The molecule has 8 heteroatoms. The average Bonchev–Trinajstić information content (AvgIpc) is 2.54. The number of carbonyl (C=O) groups excluding carboxylic acids is 2. The molecule has 2 aromatic carbocycles. The summed E-state index contributed by atoms with van der Waals surface area (Å²) in [4.78, 5) is 22.3. The van der Waals surface area contributed by atoms with E-state index < -0.39 is 29.3 Å². The zero-order valence-corrected chi connectivity index (χ0v) is 12.8. The highest BCUT2D eigenvalue weighted by atomic mass is 35.5. The van der Waals surface area contributed by atoms with Gasteiger partial charge in [0.2, 0.25) is 0 Å². The van der Waals surface area contributed by atoms with Crippen molar-refractivity contribution in [2.75, 3.05) is 11.9 Å². The van der Waals surface area contributed by atoms with Gasteiger partial charge in [0.15, 0.2) is 6.61 Å². The Morgan fingerprint density at radius 2 is 1.83 bits per heavy atom. The molecule has 0 aliphatic carbocycles. The number of aldehydes is 1. The molecule has 0 aromatic heterocycles. The molecule has 1 amide bonds. The zero-order valence-electron chi connectivity index (χ0n) is 12.1.